The van der Waals surface area contributed by atoms with Crippen molar-refractivity contribution < 1.29 is 19.4 Å². The normalized spacial score (nSPS) is 27.7. The molecular weight excluding hydrogens is 278 g/mol. The van der Waals surface area contributed by atoms with E-state index in [0.29, 0.717) is 19.0 Å². The highest BCUT2D eigenvalue weighted by molar-refractivity contribution is 5.89. The van der Waals surface area contributed by atoms with Gasteiger partial charge < -0.3 is 14.7 Å². The van der Waals surface area contributed by atoms with Crippen LogP contribution in [0.1, 0.15) is 5.82 Å². The third kappa shape index (κ3) is 2.13. The van der Waals surface area contributed by atoms with Crippen LogP contribution in [0.25, 0.3) is 0 Å². The Balaban J connectivity index is 1.71. The third-order valence-corrected chi connectivity index (χ3v) is 4.29. The van der Waals surface area contributed by atoms with Crippen LogP contribution in [0.15, 0.2) is 0 Å². The highest BCUT2D eigenvalue weighted by Crippen LogP contribution is 2.41. The molecule has 1 aromatic heterocycles. The zero-order chi connectivity index (χ0) is 15.2. The second-order valence-corrected chi connectivity index (χ2v) is 5.59. The monoisotopic (exact) mass is 295 g/mol. The molecule has 3 rings (SSSR count). The van der Waals surface area contributed by atoms with Crippen LogP contribution in [0.2, 0.25) is 0 Å². The van der Waals surface area contributed by atoms with Crippen LogP contribution < -0.4 is 5.32 Å². The van der Waals surface area contributed by atoms with E-state index in [-0.39, 0.29) is 31.0 Å². The summed E-state index contributed by atoms with van der Waals surface area (Å²) in [6.07, 6.45) is 0. The Morgan fingerprint density at radius 3 is 2.86 bits per heavy atom. The average molecular weight is 295 g/mol. The number of carbonyl (C=O) groups is 2. The molecular formula is C12H17N5O4. The summed E-state index contributed by atoms with van der Waals surface area (Å²) in [6, 6.07) is -0.379. The van der Waals surface area contributed by atoms with Gasteiger partial charge in [-0.2, -0.15) is 4.98 Å². The van der Waals surface area contributed by atoms with Crippen LogP contribution in [0.3, 0.4) is 0 Å². The minimum absolute atomic E-state index is 0.144. The summed E-state index contributed by atoms with van der Waals surface area (Å²) < 4.78 is 6.83. The molecule has 2 fully saturated rings. The van der Waals surface area contributed by atoms with Gasteiger partial charge in [-0.05, 0) is 6.92 Å². The summed E-state index contributed by atoms with van der Waals surface area (Å²) in [5.41, 5.74) is -0.981. The number of aromatic nitrogens is 3. The lowest BCUT2D eigenvalue weighted by Gasteiger charge is -2.21. The van der Waals surface area contributed by atoms with Crippen molar-refractivity contribution >= 4 is 17.9 Å². The molecule has 0 radical (unpaired) electrons. The first-order valence-electron chi connectivity index (χ1n) is 6.67. The van der Waals surface area contributed by atoms with Crippen molar-refractivity contribution in [2.75, 3.05) is 31.6 Å². The molecule has 0 saturated carbocycles. The van der Waals surface area contributed by atoms with E-state index < -0.39 is 11.4 Å². The summed E-state index contributed by atoms with van der Waals surface area (Å²) >= 11 is 0. The third-order valence-electron chi connectivity index (χ3n) is 4.29. The van der Waals surface area contributed by atoms with Gasteiger partial charge in [-0.25, -0.2) is 4.79 Å². The van der Waals surface area contributed by atoms with Crippen molar-refractivity contribution in [1.82, 2.24) is 19.7 Å². The van der Waals surface area contributed by atoms with E-state index in [4.69, 9.17) is 4.74 Å². The van der Waals surface area contributed by atoms with Crippen LogP contribution in [0, 0.1) is 18.3 Å². The first-order chi connectivity index (χ1) is 9.92. The van der Waals surface area contributed by atoms with Gasteiger partial charge >= 0.3 is 12.0 Å². The van der Waals surface area contributed by atoms with Gasteiger partial charge in [0.2, 0.25) is 5.95 Å². The number of nitrogens with zero attached hydrogens (tertiary/aromatic N) is 4. The number of carboxylic acid groups (broad SMARTS) is 1. The molecule has 21 heavy (non-hydrogen) atoms. The topological polar surface area (TPSA) is 110 Å². The fraction of sp³-hybridized carbons (Fsp3) is 0.667. The van der Waals surface area contributed by atoms with Crippen molar-refractivity contribution in [3.63, 3.8) is 0 Å². The van der Waals surface area contributed by atoms with Gasteiger partial charge in [0.15, 0.2) is 0 Å². The van der Waals surface area contributed by atoms with E-state index in [2.05, 4.69) is 15.4 Å². The van der Waals surface area contributed by atoms with E-state index in [1.807, 2.05) is 0 Å². The van der Waals surface area contributed by atoms with Gasteiger partial charge in [0.05, 0.1) is 13.2 Å². The number of ether oxygens (including phenoxy) is 1. The lowest BCUT2D eigenvalue weighted by molar-refractivity contribution is -0.149. The van der Waals surface area contributed by atoms with Crippen molar-refractivity contribution in [2.45, 2.75) is 6.92 Å². The predicted octanol–water partition coefficient (Wildman–Crippen LogP) is -0.312. The number of fused-ring (bicyclic) bond motifs is 1. The average Bonchev–Trinajstić information content (AvgIpc) is 3.02. The largest absolute Gasteiger partial charge is 0.481 e. The van der Waals surface area contributed by atoms with Gasteiger partial charge in [0, 0.05) is 26.1 Å². The minimum Gasteiger partial charge on any atom is -0.481 e. The molecule has 9 heteroatoms. The molecule has 114 valence electrons. The molecule has 2 aliphatic rings. The molecule has 2 amide bonds. The number of amides is 2. The molecule has 0 spiro atoms. The standard InChI is InChI=1S/C12H17N5O4/c1-7-13-10(15-16(7)2)14-11(20)17-3-8-4-21-6-12(8,5-17)9(18)19/h8H,3-6H2,1-2H3,(H,18,19)(H,14,15,20)/t8-,12-/m1/s1. The summed E-state index contributed by atoms with van der Waals surface area (Å²) in [6.45, 7) is 2.81. The van der Waals surface area contributed by atoms with Crippen molar-refractivity contribution in [2.24, 2.45) is 18.4 Å². The zero-order valence-electron chi connectivity index (χ0n) is 11.9. The van der Waals surface area contributed by atoms with E-state index in [0.717, 1.165) is 0 Å². The van der Waals surface area contributed by atoms with Crippen molar-refractivity contribution in [3.8, 4) is 0 Å². The Morgan fingerprint density at radius 1 is 1.52 bits per heavy atom. The molecule has 2 N–H and O–H groups in total. The van der Waals surface area contributed by atoms with Crippen molar-refractivity contribution in [1.29, 1.82) is 0 Å². The maximum Gasteiger partial charge on any atom is 0.324 e. The molecule has 0 unspecified atom stereocenters. The second kappa shape index (κ2) is 4.69. The number of aryl methyl sites for hydroxylation is 2. The molecule has 2 aliphatic heterocycles. The number of nitrogens with one attached hydrogen (secondary N) is 1. The minimum atomic E-state index is -0.981. The number of carboxylic acids is 1. The Labute approximate surface area is 120 Å². The fourth-order valence-electron chi connectivity index (χ4n) is 2.88. The maximum atomic E-state index is 12.2. The van der Waals surface area contributed by atoms with E-state index >= 15 is 0 Å². The number of carbonyl (C=O) groups excluding carboxylic acids is 1. The Morgan fingerprint density at radius 2 is 2.29 bits per heavy atom. The zero-order valence-corrected chi connectivity index (χ0v) is 11.9. The first-order valence-corrected chi connectivity index (χ1v) is 6.67. The quantitative estimate of drug-likeness (QED) is 0.774. The second-order valence-electron chi connectivity index (χ2n) is 5.59. The highest BCUT2D eigenvalue weighted by atomic mass is 16.5. The number of hydrogen-bond acceptors (Lipinski definition) is 5. The SMILES string of the molecule is Cc1nc(NC(=O)N2C[C@@H]3COC[C@]3(C(=O)O)C2)nn1C. The van der Waals surface area contributed by atoms with E-state index in [1.54, 1.807) is 18.7 Å². The molecule has 3 heterocycles. The van der Waals surface area contributed by atoms with E-state index in [9.17, 15) is 14.7 Å². The molecule has 1 aromatic rings. The summed E-state index contributed by atoms with van der Waals surface area (Å²) in [4.78, 5) is 29.3. The van der Waals surface area contributed by atoms with Crippen molar-refractivity contribution in [3.05, 3.63) is 5.82 Å². The fourth-order valence-corrected chi connectivity index (χ4v) is 2.88. The number of aliphatic carboxylic acids is 1. The Kier molecular flexibility index (Phi) is 3.08. The van der Waals surface area contributed by atoms with Gasteiger partial charge in [0.25, 0.3) is 0 Å². The number of likely N-dealkylation sites (tertiary alicyclic amines) is 1. The summed E-state index contributed by atoms with van der Waals surface area (Å²) in [5, 5.41) is 16.1. The summed E-state index contributed by atoms with van der Waals surface area (Å²) in [7, 11) is 1.73. The van der Waals surface area contributed by atoms with Gasteiger partial charge in [0.1, 0.15) is 11.2 Å². The molecule has 9 nitrogen and oxygen atoms in total. The smallest absolute Gasteiger partial charge is 0.324 e. The number of rotatable bonds is 2. The van der Waals surface area contributed by atoms with Crippen LogP contribution in [-0.4, -0.2) is 63.1 Å². The molecule has 0 aliphatic carbocycles. The predicted molar refractivity (Wildman–Crippen MR) is 70.7 cm³/mol. The van der Waals surface area contributed by atoms with Gasteiger partial charge in [-0.1, -0.05) is 0 Å². The van der Waals surface area contributed by atoms with Gasteiger partial charge in [-0.15, -0.1) is 5.10 Å². The maximum absolute atomic E-state index is 12.2. The van der Waals surface area contributed by atoms with E-state index in [1.165, 1.54) is 4.90 Å². The molecule has 0 aromatic carbocycles. The number of urea groups is 1. The number of anilines is 1. The molecule has 0 bridgehead atoms. The lowest BCUT2D eigenvalue weighted by Crippen LogP contribution is -2.41. The van der Waals surface area contributed by atoms with Crippen LogP contribution in [0.4, 0.5) is 10.7 Å². The molecule has 2 saturated heterocycles. The first kappa shape index (κ1) is 13.8. The van der Waals surface area contributed by atoms with Gasteiger partial charge in [-0.3, -0.25) is 14.8 Å². The lowest BCUT2D eigenvalue weighted by atomic mass is 9.81. The number of hydrogen-bond donors (Lipinski definition) is 2. The highest BCUT2D eigenvalue weighted by Gasteiger charge is 2.57. The van der Waals surface area contributed by atoms with Crippen LogP contribution >= 0.6 is 0 Å². The van der Waals surface area contributed by atoms with Crippen LogP contribution in [0.5, 0.6) is 0 Å². The van der Waals surface area contributed by atoms with Crippen LogP contribution in [-0.2, 0) is 16.6 Å². The summed E-state index contributed by atoms with van der Waals surface area (Å²) in [5.74, 6) is -0.178. The Bertz CT molecular complexity index is 581. The molecule has 2 atom stereocenters. The Hall–Kier alpha value is -2.16.